The van der Waals surface area contributed by atoms with Crippen LogP contribution in [-0.2, 0) is 33.2 Å². The summed E-state index contributed by atoms with van der Waals surface area (Å²) < 4.78 is 2.00. The van der Waals surface area contributed by atoms with Crippen LogP contribution in [0.4, 0.5) is 0 Å². The van der Waals surface area contributed by atoms with E-state index in [-0.39, 0.29) is 33.2 Å². The molecule has 250 valence electrons. The number of nitrogens with zero attached hydrogens (tertiary/aromatic N) is 3. The van der Waals surface area contributed by atoms with Gasteiger partial charge in [0.15, 0.2) is 0 Å². The molecule has 49 heavy (non-hydrogen) atoms. The fourth-order valence-corrected chi connectivity index (χ4v) is 6.84. The van der Waals surface area contributed by atoms with Gasteiger partial charge in [-0.05, 0) is 63.9 Å². The van der Waals surface area contributed by atoms with E-state index in [1.807, 2.05) is 11.6 Å². The Kier molecular flexibility index (Phi) is 8.94. The SMILES string of the molecule is Cc1cc(C)n(-c2[c-]c(-c3[c-]c(-c4cc(C(C)(C)C)cc5c4[n-]c4ccc(C(C)(C)C)cc45)c(C)cc3C)cc(-c3ccccc3)c2)n1.[Au+3]. The number of aromatic nitrogens is 3. The molecule has 0 N–H and O–H groups in total. The van der Waals surface area contributed by atoms with Gasteiger partial charge >= 0.3 is 22.4 Å². The first-order valence-corrected chi connectivity index (χ1v) is 16.9. The third-order valence-electron chi connectivity index (χ3n) is 9.57. The third kappa shape index (κ3) is 6.48. The number of fused-ring (bicyclic) bond motifs is 3. The molecule has 7 aromatic rings. The summed E-state index contributed by atoms with van der Waals surface area (Å²) in [7, 11) is 0. The molecule has 0 aliphatic heterocycles. The molecule has 0 unspecified atom stereocenters. The maximum atomic E-state index is 5.28. The standard InChI is InChI=1S/C45H44N3.Au/c1-27-18-28(2)38(40-24-35(45(8,9)10)25-41-39-23-34(44(5,6)7)16-17-42(39)46-43(40)41)26-37(27)33-20-32(31-14-12-11-13-15-31)21-36(22-33)48-30(4)19-29(3)47-48;/h11-21,23-25H,1-10H3;/q-3;+3. The van der Waals surface area contributed by atoms with Crippen molar-refractivity contribution in [3.8, 4) is 39.1 Å². The van der Waals surface area contributed by atoms with Gasteiger partial charge in [0.05, 0.1) is 5.69 Å². The van der Waals surface area contributed by atoms with Crippen LogP contribution in [0.5, 0.6) is 0 Å². The van der Waals surface area contributed by atoms with E-state index >= 15 is 0 Å². The molecule has 0 amide bonds. The van der Waals surface area contributed by atoms with Crippen LogP contribution in [0.15, 0.2) is 84.9 Å². The monoisotopic (exact) mass is 823 g/mol. The Morgan fingerprint density at radius 3 is 1.96 bits per heavy atom. The smallest absolute Gasteiger partial charge is 0.663 e. The van der Waals surface area contributed by atoms with Gasteiger partial charge in [-0.15, -0.1) is 34.3 Å². The molecule has 2 heterocycles. The summed E-state index contributed by atoms with van der Waals surface area (Å²) in [6.45, 7) is 22.2. The van der Waals surface area contributed by atoms with Crippen molar-refractivity contribution in [1.29, 1.82) is 0 Å². The minimum Gasteiger partial charge on any atom is -0.663 e. The number of hydrogen-bond donors (Lipinski definition) is 0. The van der Waals surface area contributed by atoms with Crippen LogP contribution < -0.4 is 4.98 Å². The van der Waals surface area contributed by atoms with E-state index in [1.165, 1.54) is 27.5 Å². The predicted octanol–water partition coefficient (Wildman–Crippen LogP) is 11.6. The second-order valence-electron chi connectivity index (χ2n) is 15.5. The van der Waals surface area contributed by atoms with Gasteiger partial charge in [-0.1, -0.05) is 122 Å². The van der Waals surface area contributed by atoms with Crippen LogP contribution in [-0.4, -0.2) is 9.78 Å². The molecule has 0 spiro atoms. The summed E-state index contributed by atoms with van der Waals surface area (Å²) in [5, 5.41) is 7.25. The summed E-state index contributed by atoms with van der Waals surface area (Å²) >= 11 is 0. The van der Waals surface area contributed by atoms with E-state index in [9.17, 15) is 0 Å². The van der Waals surface area contributed by atoms with Gasteiger partial charge in [0.2, 0.25) is 0 Å². The second kappa shape index (κ2) is 12.6. The maximum absolute atomic E-state index is 5.28. The van der Waals surface area contributed by atoms with Crippen molar-refractivity contribution in [2.45, 2.75) is 80.1 Å². The molecule has 4 heteroatoms. The summed E-state index contributed by atoms with van der Waals surface area (Å²) in [5.74, 6) is 0. The molecule has 0 aliphatic rings. The Labute approximate surface area is 307 Å². The molecule has 0 saturated heterocycles. The van der Waals surface area contributed by atoms with E-state index in [0.29, 0.717) is 0 Å². The zero-order chi connectivity index (χ0) is 34.1. The maximum Gasteiger partial charge on any atom is 3.00 e. The van der Waals surface area contributed by atoms with Crippen LogP contribution in [0, 0.1) is 39.8 Å². The normalized spacial score (nSPS) is 12.1. The molecule has 0 atom stereocenters. The van der Waals surface area contributed by atoms with Gasteiger partial charge in [0, 0.05) is 5.69 Å². The van der Waals surface area contributed by atoms with Crippen molar-refractivity contribution in [3.05, 3.63) is 131 Å². The number of rotatable bonds is 4. The van der Waals surface area contributed by atoms with Gasteiger partial charge < -0.3 is 4.98 Å². The molecular formula is C45H44AuN3. The largest absolute Gasteiger partial charge is 3.00 e. The second-order valence-corrected chi connectivity index (χ2v) is 15.5. The van der Waals surface area contributed by atoms with Crippen molar-refractivity contribution in [2.75, 3.05) is 0 Å². The van der Waals surface area contributed by atoms with Crippen LogP contribution in [0.2, 0.25) is 0 Å². The molecule has 7 rings (SSSR count). The van der Waals surface area contributed by atoms with E-state index < -0.39 is 0 Å². The first kappa shape index (κ1) is 34.7. The summed E-state index contributed by atoms with van der Waals surface area (Å²) in [4.78, 5) is 5.28. The Balaban J connectivity index is 0.00000417. The molecule has 0 aliphatic carbocycles. The Bertz CT molecular complexity index is 2340. The van der Waals surface area contributed by atoms with E-state index in [0.717, 1.165) is 67.1 Å². The molecule has 5 aromatic carbocycles. The quantitative estimate of drug-likeness (QED) is 0.131. The van der Waals surface area contributed by atoms with Crippen molar-refractivity contribution in [1.82, 2.24) is 14.8 Å². The minimum atomic E-state index is -0.0396. The number of benzene rings is 5. The fraction of sp³-hybridized carbons (Fsp3) is 0.267. The molecule has 3 nitrogen and oxygen atoms in total. The summed E-state index contributed by atoms with van der Waals surface area (Å²) in [6, 6.07) is 38.6. The summed E-state index contributed by atoms with van der Waals surface area (Å²) in [5.41, 5.74) is 16.5. The molecule has 0 bridgehead atoms. The minimum absolute atomic E-state index is 0. The van der Waals surface area contributed by atoms with Crippen molar-refractivity contribution >= 4 is 21.8 Å². The first-order valence-electron chi connectivity index (χ1n) is 16.9. The molecule has 0 radical (unpaired) electrons. The van der Waals surface area contributed by atoms with Gasteiger partial charge in [-0.3, -0.25) is 4.68 Å². The number of aryl methyl sites for hydroxylation is 4. The number of hydrogen-bond acceptors (Lipinski definition) is 1. The Hall–Kier alpha value is -4.15. The predicted molar refractivity (Wildman–Crippen MR) is 202 cm³/mol. The zero-order valence-electron chi connectivity index (χ0n) is 30.2. The fourth-order valence-electron chi connectivity index (χ4n) is 6.84. The molecular weight excluding hydrogens is 779 g/mol. The molecule has 2 aromatic heterocycles. The first-order chi connectivity index (χ1) is 22.7. The third-order valence-corrected chi connectivity index (χ3v) is 9.57. The van der Waals surface area contributed by atoms with Crippen LogP contribution in [0.1, 0.15) is 75.2 Å². The van der Waals surface area contributed by atoms with Crippen molar-refractivity contribution in [2.24, 2.45) is 0 Å². The van der Waals surface area contributed by atoms with Gasteiger partial charge in [0.1, 0.15) is 0 Å². The summed E-state index contributed by atoms with van der Waals surface area (Å²) in [6.07, 6.45) is 0. The average molecular weight is 824 g/mol. The molecule has 0 fully saturated rings. The van der Waals surface area contributed by atoms with E-state index in [2.05, 4.69) is 159 Å². The Morgan fingerprint density at radius 2 is 1.31 bits per heavy atom. The zero-order valence-corrected chi connectivity index (χ0v) is 32.4. The van der Waals surface area contributed by atoms with Crippen LogP contribution in [0.25, 0.3) is 60.9 Å². The average Bonchev–Trinajstić information content (AvgIpc) is 3.58. The topological polar surface area (TPSA) is 31.9 Å². The van der Waals surface area contributed by atoms with Crippen LogP contribution in [0.3, 0.4) is 0 Å². The van der Waals surface area contributed by atoms with E-state index in [1.54, 1.807) is 0 Å². The van der Waals surface area contributed by atoms with Gasteiger partial charge in [0.25, 0.3) is 0 Å². The Morgan fingerprint density at radius 1 is 0.633 bits per heavy atom. The molecule has 0 saturated carbocycles. The van der Waals surface area contributed by atoms with Crippen molar-refractivity contribution < 1.29 is 22.4 Å². The van der Waals surface area contributed by atoms with E-state index in [4.69, 9.17) is 10.1 Å². The van der Waals surface area contributed by atoms with Crippen molar-refractivity contribution in [3.63, 3.8) is 0 Å². The van der Waals surface area contributed by atoms with Gasteiger partial charge in [-0.25, -0.2) is 5.56 Å². The van der Waals surface area contributed by atoms with Gasteiger partial charge in [-0.2, -0.15) is 39.9 Å². The van der Waals surface area contributed by atoms with Crippen LogP contribution >= 0.6 is 0 Å².